The molecule has 1 aromatic heterocycles. The predicted octanol–water partition coefficient (Wildman–Crippen LogP) is 4.42. The Morgan fingerprint density at radius 2 is 1.76 bits per heavy atom. The summed E-state index contributed by atoms with van der Waals surface area (Å²) in [4.78, 5) is 42.2. The molecule has 0 radical (unpaired) electrons. The number of likely N-dealkylation sites (N-methyl/N-ethyl adjacent to an activating group) is 1. The molecule has 3 amide bonds. The van der Waals surface area contributed by atoms with Crippen molar-refractivity contribution in [2.45, 2.75) is 25.4 Å². The number of nitrogens with zero attached hydrogens (tertiary/aromatic N) is 3. The van der Waals surface area contributed by atoms with E-state index in [1.54, 1.807) is 24.3 Å². The molecular weight excluding hydrogens is 565 g/mol. The van der Waals surface area contributed by atoms with Gasteiger partial charge >= 0.3 is 0 Å². The van der Waals surface area contributed by atoms with Gasteiger partial charge in [-0.05, 0) is 56.8 Å². The van der Waals surface area contributed by atoms with E-state index in [2.05, 4.69) is 31.0 Å². The van der Waals surface area contributed by atoms with Crippen molar-refractivity contribution in [2.75, 3.05) is 44.4 Å². The summed E-state index contributed by atoms with van der Waals surface area (Å²) in [5.74, 6) is -1.07. The summed E-state index contributed by atoms with van der Waals surface area (Å²) >= 11 is 12.3. The summed E-state index contributed by atoms with van der Waals surface area (Å²) in [5, 5.41) is 15.7. The van der Waals surface area contributed by atoms with Crippen LogP contribution in [0.4, 0.5) is 11.4 Å². The van der Waals surface area contributed by atoms with Crippen LogP contribution in [0.15, 0.2) is 60.8 Å². The van der Waals surface area contributed by atoms with E-state index in [0.717, 1.165) is 43.7 Å². The van der Waals surface area contributed by atoms with E-state index in [4.69, 9.17) is 23.2 Å². The molecule has 0 aliphatic carbocycles. The van der Waals surface area contributed by atoms with Crippen LogP contribution in [0.3, 0.4) is 0 Å². The predicted molar refractivity (Wildman–Crippen MR) is 162 cm³/mol. The van der Waals surface area contributed by atoms with Crippen LogP contribution in [-0.4, -0.2) is 77.5 Å². The monoisotopic (exact) mass is 597 g/mol. The Kier molecular flexibility index (Phi) is 10.5. The van der Waals surface area contributed by atoms with Crippen molar-refractivity contribution in [3.05, 3.63) is 87.7 Å². The second-order valence-electron chi connectivity index (χ2n) is 10.1. The zero-order valence-corrected chi connectivity index (χ0v) is 24.4. The van der Waals surface area contributed by atoms with E-state index >= 15 is 0 Å². The van der Waals surface area contributed by atoms with E-state index < -0.39 is 5.91 Å². The fourth-order valence-corrected chi connectivity index (χ4v) is 5.08. The van der Waals surface area contributed by atoms with Crippen LogP contribution in [-0.2, 0) is 11.3 Å². The van der Waals surface area contributed by atoms with Crippen LogP contribution < -0.4 is 16.0 Å². The zero-order valence-electron chi connectivity index (χ0n) is 22.9. The van der Waals surface area contributed by atoms with Gasteiger partial charge in [-0.3, -0.25) is 24.4 Å². The third-order valence-electron chi connectivity index (χ3n) is 6.56. The highest BCUT2D eigenvalue weighted by molar-refractivity contribution is 6.40. The number of halogens is 2. The molecule has 0 saturated carbocycles. The summed E-state index contributed by atoms with van der Waals surface area (Å²) in [5.41, 5.74) is 2.29. The molecular formula is C29H33Cl2N7O3. The number of nitrogens with one attached hydrogen (secondary N) is 4. The molecule has 2 heterocycles. The van der Waals surface area contributed by atoms with Gasteiger partial charge in [0, 0.05) is 50.2 Å². The minimum Gasteiger partial charge on any atom is -0.348 e. The maximum atomic E-state index is 13.0. The normalized spacial score (nSPS) is 14.4. The van der Waals surface area contributed by atoms with Crippen molar-refractivity contribution < 1.29 is 14.4 Å². The number of H-pyrrole nitrogens is 1. The number of hydrogen-bond acceptors (Lipinski definition) is 6. The molecule has 4 rings (SSSR count). The van der Waals surface area contributed by atoms with Gasteiger partial charge in [-0.25, -0.2) is 0 Å². The number of hydrogen-bond donors (Lipinski definition) is 4. The number of benzene rings is 2. The van der Waals surface area contributed by atoms with Gasteiger partial charge in [0.15, 0.2) is 5.69 Å². The average Bonchev–Trinajstić information content (AvgIpc) is 3.38. The molecule has 10 nitrogen and oxygen atoms in total. The third-order valence-corrected chi connectivity index (χ3v) is 7.19. The lowest BCUT2D eigenvalue weighted by Crippen LogP contribution is -2.44. The summed E-state index contributed by atoms with van der Waals surface area (Å²) < 4.78 is 0. The molecule has 0 bridgehead atoms. The second kappa shape index (κ2) is 14.3. The van der Waals surface area contributed by atoms with Gasteiger partial charge in [-0.15, -0.1) is 0 Å². The van der Waals surface area contributed by atoms with Crippen molar-refractivity contribution >= 4 is 52.3 Å². The first-order valence-corrected chi connectivity index (χ1v) is 14.0. The number of anilines is 2. The van der Waals surface area contributed by atoms with Crippen molar-refractivity contribution in [1.29, 1.82) is 0 Å². The molecule has 1 aliphatic rings. The number of aromatic nitrogens is 2. The lowest BCUT2D eigenvalue weighted by molar-refractivity contribution is -0.111. The molecule has 0 unspecified atom stereocenters. The van der Waals surface area contributed by atoms with Crippen LogP contribution in [0.5, 0.6) is 0 Å². The van der Waals surface area contributed by atoms with Crippen molar-refractivity contribution in [1.82, 2.24) is 25.3 Å². The van der Waals surface area contributed by atoms with Crippen LogP contribution in [0, 0.1) is 0 Å². The van der Waals surface area contributed by atoms with Crippen molar-refractivity contribution in [3.63, 3.8) is 0 Å². The number of carbonyl (C=O) groups is 3. The Balaban J connectivity index is 1.26. The Labute approximate surface area is 249 Å². The molecule has 0 atom stereocenters. The second-order valence-corrected chi connectivity index (χ2v) is 10.9. The number of aromatic amines is 1. The van der Waals surface area contributed by atoms with E-state index in [1.807, 2.05) is 49.3 Å². The number of amides is 3. The van der Waals surface area contributed by atoms with Gasteiger partial charge in [0.1, 0.15) is 0 Å². The van der Waals surface area contributed by atoms with E-state index in [9.17, 15) is 14.4 Å². The summed E-state index contributed by atoms with van der Waals surface area (Å²) in [6.45, 7) is 3.02. The third kappa shape index (κ3) is 8.64. The summed E-state index contributed by atoms with van der Waals surface area (Å²) in [6, 6.07) is 12.6. The zero-order chi connectivity index (χ0) is 29.4. The Morgan fingerprint density at radius 1 is 1.05 bits per heavy atom. The maximum absolute atomic E-state index is 13.0. The molecule has 41 heavy (non-hydrogen) atoms. The largest absolute Gasteiger partial charge is 0.348 e. The maximum Gasteiger partial charge on any atom is 0.274 e. The average molecular weight is 599 g/mol. The summed E-state index contributed by atoms with van der Waals surface area (Å²) in [6.07, 6.45) is 6.33. The molecule has 12 heteroatoms. The van der Waals surface area contributed by atoms with Crippen LogP contribution >= 0.6 is 23.2 Å². The SMILES string of the molecule is CN(C)C/C=C/C(=O)Nc1cccc(CN2CCC(NC(=O)c3n[nH]cc3NC(=O)c3c(Cl)cccc3Cl)CC2)c1. The number of piperidine rings is 1. The van der Waals surface area contributed by atoms with Crippen molar-refractivity contribution in [2.24, 2.45) is 0 Å². The molecule has 1 saturated heterocycles. The molecule has 1 aliphatic heterocycles. The van der Waals surface area contributed by atoms with Gasteiger partial charge in [0.25, 0.3) is 11.8 Å². The molecule has 2 aromatic carbocycles. The molecule has 4 N–H and O–H groups in total. The highest BCUT2D eigenvalue weighted by atomic mass is 35.5. The standard InChI is InChI=1S/C29H33Cl2N7O3/c1-37(2)13-5-10-25(39)33-21-7-3-6-19(16-21)18-38-14-11-20(12-15-38)34-29(41)27-24(17-32-36-27)35-28(40)26-22(30)8-4-9-23(26)31/h3-10,16-17,20H,11-15,18H2,1-2H3,(H,32,36)(H,33,39)(H,34,41)(H,35,40)/b10-5+. The smallest absolute Gasteiger partial charge is 0.274 e. The minimum absolute atomic E-state index is 0.0309. The van der Waals surface area contributed by atoms with Gasteiger partial charge in [-0.1, -0.05) is 47.5 Å². The molecule has 216 valence electrons. The van der Waals surface area contributed by atoms with Gasteiger partial charge in [0.2, 0.25) is 5.91 Å². The van der Waals surface area contributed by atoms with E-state index in [0.29, 0.717) is 6.54 Å². The number of rotatable bonds is 10. The number of likely N-dealkylation sites (tertiary alicyclic amines) is 1. The lowest BCUT2D eigenvalue weighted by atomic mass is 10.0. The quantitative estimate of drug-likeness (QED) is 0.257. The minimum atomic E-state index is -0.534. The topological polar surface area (TPSA) is 122 Å². The van der Waals surface area contributed by atoms with E-state index in [-0.39, 0.29) is 44.8 Å². The van der Waals surface area contributed by atoms with Crippen LogP contribution in [0.25, 0.3) is 0 Å². The first-order valence-electron chi connectivity index (χ1n) is 13.2. The van der Waals surface area contributed by atoms with E-state index in [1.165, 1.54) is 6.20 Å². The Hall–Kier alpha value is -3.70. The van der Waals surface area contributed by atoms with Gasteiger partial charge in [0.05, 0.1) is 21.3 Å². The highest BCUT2D eigenvalue weighted by Gasteiger charge is 2.25. The highest BCUT2D eigenvalue weighted by Crippen LogP contribution is 2.26. The Bertz CT molecular complexity index is 1390. The molecule has 3 aromatic rings. The Morgan fingerprint density at radius 3 is 2.46 bits per heavy atom. The first kappa shape index (κ1) is 30.3. The first-order chi connectivity index (χ1) is 19.7. The van der Waals surface area contributed by atoms with Crippen LogP contribution in [0.1, 0.15) is 39.3 Å². The van der Waals surface area contributed by atoms with Crippen molar-refractivity contribution in [3.8, 4) is 0 Å². The summed E-state index contributed by atoms with van der Waals surface area (Å²) in [7, 11) is 3.89. The fourth-order valence-electron chi connectivity index (χ4n) is 4.51. The fraction of sp³-hybridized carbons (Fsp3) is 0.310. The molecule has 0 spiro atoms. The van der Waals surface area contributed by atoms with Gasteiger partial charge < -0.3 is 20.9 Å². The number of carbonyl (C=O) groups excluding carboxylic acids is 3. The van der Waals surface area contributed by atoms with Gasteiger partial charge in [-0.2, -0.15) is 5.10 Å². The lowest BCUT2D eigenvalue weighted by Gasteiger charge is -2.32. The van der Waals surface area contributed by atoms with Crippen LogP contribution in [0.2, 0.25) is 10.0 Å². The molecule has 1 fully saturated rings.